The Bertz CT molecular complexity index is 369. The Labute approximate surface area is 100 Å². The van der Waals surface area contributed by atoms with Gasteiger partial charge < -0.3 is 4.90 Å². The van der Waals surface area contributed by atoms with E-state index in [1.165, 1.54) is 0 Å². The number of nitrogens with zero attached hydrogens (tertiary/aromatic N) is 3. The summed E-state index contributed by atoms with van der Waals surface area (Å²) in [4.78, 5) is 14.0. The molecule has 0 N–H and O–H groups in total. The van der Waals surface area contributed by atoms with E-state index >= 15 is 0 Å². The Morgan fingerprint density at radius 3 is 2.75 bits per heavy atom. The molecule has 2 heterocycles. The van der Waals surface area contributed by atoms with Crippen LogP contribution in [0.15, 0.2) is 12.3 Å². The van der Waals surface area contributed by atoms with Gasteiger partial charge in [-0.3, -0.25) is 9.48 Å². The lowest BCUT2D eigenvalue weighted by Gasteiger charge is -2.30. The van der Waals surface area contributed by atoms with E-state index in [2.05, 4.69) is 5.10 Å². The molecule has 1 aliphatic heterocycles. The molecule has 2 rings (SSSR count). The van der Waals surface area contributed by atoms with Crippen molar-refractivity contribution in [2.24, 2.45) is 13.0 Å². The number of aromatic nitrogens is 2. The van der Waals surface area contributed by atoms with E-state index in [0.717, 1.165) is 25.9 Å². The maximum Gasteiger partial charge on any atom is 0.272 e. The lowest BCUT2D eigenvalue weighted by atomic mass is 9.99. The number of halogens is 1. The summed E-state index contributed by atoms with van der Waals surface area (Å²) >= 11 is 5.81. The number of carbonyl (C=O) groups is 1. The Kier molecular flexibility index (Phi) is 3.49. The molecule has 0 spiro atoms. The highest BCUT2D eigenvalue weighted by Crippen LogP contribution is 2.19. The summed E-state index contributed by atoms with van der Waals surface area (Å²) in [7, 11) is 1.79. The zero-order valence-corrected chi connectivity index (χ0v) is 10.2. The van der Waals surface area contributed by atoms with Gasteiger partial charge in [0.05, 0.1) is 0 Å². The maximum atomic E-state index is 12.1. The van der Waals surface area contributed by atoms with Crippen molar-refractivity contribution >= 4 is 17.5 Å². The normalized spacial score (nSPS) is 17.8. The van der Waals surface area contributed by atoms with Gasteiger partial charge in [-0.2, -0.15) is 5.10 Å². The second-order valence-corrected chi connectivity index (χ2v) is 4.54. The van der Waals surface area contributed by atoms with Crippen LogP contribution in [0.1, 0.15) is 23.3 Å². The van der Waals surface area contributed by atoms with Gasteiger partial charge >= 0.3 is 0 Å². The second kappa shape index (κ2) is 4.87. The van der Waals surface area contributed by atoms with Crippen LogP contribution in [0.2, 0.25) is 0 Å². The van der Waals surface area contributed by atoms with Crippen molar-refractivity contribution in [2.75, 3.05) is 19.0 Å². The van der Waals surface area contributed by atoms with Crippen molar-refractivity contribution in [2.45, 2.75) is 12.8 Å². The van der Waals surface area contributed by atoms with Crippen LogP contribution in [0.3, 0.4) is 0 Å². The standard InChI is InChI=1S/C11H16ClN3O/c1-14-10(2-5-13-14)11(16)15-6-3-9(8-12)4-7-15/h2,5,9H,3-4,6-8H2,1H3. The Morgan fingerprint density at radius 2 is 2.25 bits per heavy atom. The van der Waals surface area contributed by atoms with Gasteiger partial charge in [0.2, 0.25) is 0 Å². The SMILES string of the molecule is Cn1nccc1C(=O)N1CCC(CCl)CC1. The maximum absolute atomic E-state index is 12.1. The fraction of sp³-hybridized carbons (Fsp3) is 0.636. The van der Waals surface area contributed by atoms with Crippen molar-refractivity contribution in [1.82, 2.24) is 14.7 Å². The quantitative estimate of drug-likeness (QED) is 0.737. The zero-order valence-electron chi connectivity index (χ0n) is 9.40. The average Bonchev–Trinajstić information content (AvgIpc) is 2.75. The molecule has 1 aromatic rings. The number of likely N-dealkylation sites (tertiary alicyclic amines) is 1. The van der Waals surface area contributed by atoms with Gasteiger partial charge in [-0.05, 0) is 24.8 Å². The van der Waals surface area contributed by atoms with Crippen LogP contribution in [0.4, 0.5) is 0 Å². The highest BCUT2D eigenvalue weighted by molar-refractivity contribution is 6.18. The number of hydrogen-bond donors (Lipinski definition) is 0. The first-order valence-electron chi connectivity index (χ1n) is 5.55. The van der Waals surface area contributed by atoms with Crippen molar-refractivity contribution in [3.63, 3.8) is 0 Å². The van der Waals surface area contributed by atoms with E-state index in [0.29, 0.717) is 17.5 Å². The molecule has 1 saturated heterocycles. The molecule has 88 valence electrons. The predicted octanol–water partition coefficient (Wildman–Crippen LogP) is 1.51. The predicted molar refractivity (Wildman–Crippen MR) is 62.6 cm³/mol. The van der Waals surface area contributed by atoms with Gasteiger partial charge in [-0.15, -0.1) is 11.6 Å². The number of carbonyl (C=O) groups excluding carboxylic acids is 1. The van der Waals surface area contributed by atoms with E-state index in [9.17, 15) is 4.79 Å². The smallest absolute Gasteiger partial charge is 0.272 e. The van der Waals surface area contributed by atoms with E-state index in [1.54, 1.807) is 24.0 Å². The lowest BCUT2D eigenvalue weighted by molar-refractivity contribution is 0.0687. The molecule has 1 aliphatic rings. The van der Waals surface area contributed by atoms with Crippen LogP contribution in [-0.2, 0) is 7.05 Å². The topological polar surface area (TPSA) is 38.1 Å². The molecule has 4 nitrogen and oxygen atoms in total. The molecule has 0 unspecified atom stereocenters. The van der Waals surface area contributed by atoms with Gasteiger partial charge in [0.1, 0.15) is 5.69 Å². The molecule has 0 atom stereocenters. The van der Waals surface area contributed by atoms with Crippen molar-refractivity contribution in [1.29, 1.82) is 0 Å². The van der Waals surface area contributed by atoms with Crippen molar-refractivity contribution in [3.8, 4) is 0 Å². The number of alkyl halides is 1. The Hall–Kier alpha value is -1.03. The molecular weight excluding hydrogens is 226 g/mol. The number of amides is 1. The minimum Gasteiger partial charge on any atom is -0.337 e. The van der Waals surface area contributed by atoms with Crippen LogP contribution in [0.25, 0.3) is 0 Å². The van der Waals surface area contributed by atoms with Gasteiger partial charge in [0.15, 0.2) is 0 Å². The van der Waals surface area contributed by atoms with E-state index in [-0.39, 0.29) is 5.91 Å². The highest BCUT2D eigenvalue weighted by Gasteiger charge is 2.24. The van der Waals surface area contributed by atoms with E-state index in [1.807, 2.05) is 4.90 Å². The molecule has 0 aliphatic carbocycles. The Balaban J connectivity index is 2.00. The monoisotopic (exact) mass is 241 g/mol. The summed E-state index contributed by atoms with van der Waals surface area (Å²) < 4.78 is 1.62. The van der Waals surface area contributed by atoms with Crippen LogP contribution in [-0.4, -0.2) is 39.6 Å². The van der Waals surface area contributed by atoms with Crippen LogP contribution in [0.5, 0.6) is 0 Å². The number of rotatable bonds is 2. The molecule has 0 aromatic carbocycles. The van der Waals surface area contributed by atoms with Crippen LogP contribution >= 0.6 is 11.6 Å². The molecule has 16 heavy (non-hydrogen) atoms. The Morgan fingerprint density at radius 1 is 1.56 bits per heavy atom. The summed E-state index contributed by atoms with van der Waals surface area (Å²) in [6.07, 6.45) is 3.67. The number of hydrogen-bond acceptors (Lipinski definition) is 2. The largest absolute Gasteiger partial charge is 0.337 e. The number of aryl methyl sites for hydroxylation is 1. The van der Waals surface area contributed by atoms with Crippen molar-refractivity contribution in [3.05, 3.63) is 18.0 Å². The molecule has 1 fully saturated rings. The summed E-state index contributed by atoms with van der Waals surface area (Å²) in [5.74, 6) is 1.35. The molecule has 1 amide bonds. The molecular formula is C11H16ClN3O. The number of piperidine rings is 1. The summed E-state index contributed by atoms with van der Waals surface area (Å²) in [5, 5.41) is 4.01. The highest BCUT2D eigenvalue weighted by atomic mass is 35.5. The first-order valence-corrected chi connectivity index (χ1v) is 6.09. The average molecular weight is 242 g/mol. The van der Waals surface area contributed by atoms with E-state index < -0.39 is 0 Å². The summed E-state index contributed by atoms with van der Waals surface area (Å²) in [6, 6.07) is 1.76. The first-order chi connectivity index (χ1) is 7.72. The fourth-order valence-corrected chi connectivity index (χ4v) is 2.34. The van der Waals surface area contributed by atoms with Gasteiger partial charge in [-0.25, -0.2) is 0 Å². The molecule has 0 saturated carbocycles. The van der Waals surface area contributed by atoms with Gasteiger partial charge in [0.25, 0.3) is 5.91 Å². The molecule has 1 aromatic heterocycles. The fourth-order valence-electron chi connectivity index (χ4n) is 2.04. The summed E-state index contributed by atoms with van der Waals surface area (Å²) in [6.45, 7) is 1.61. The summed E-state index contributed by atoms with van der Waals surface area (Å²) in [5.41, 5.74) is 0.657. The zero-order chi connectivity index (χ0) is 11.5. The molecule has 5 heteroatoms. The second-order valence-electron chi connectivity index (χ2n) is 4.23. The van der Waals surface area contributed by atoms with Gasteiger partial charge in [0, 0.05) is 32.2 Å². The third-order valence-electron chi connectivity index (χ3n) is 3.16. The minimum absolute atomic E-state index is 0.0769. The first kappa shape index (κ1) is 11.5. The molecule has 0 radical (unpaired) electrons. The molecule has 0 bridgehead atoms. The van der Waals surface area contributed by atoms with Crippen LogP contribution in [0, 0.1) is 5.92 Å². The third-order valence-corrected chi connectivity index (χ3v) is 3.60. The lowest BCUT2D eigenvalue weighted by Crippen LogP contribution is -2.39. The van der Waals surface area contributed by atoms with E-state index in [4.69, 9.17) is 11.6 Å². The van der Waals surface area contributed by atoms with Crippen LogP contribution < -0.4 is 0 Å². The minimum atomic E-state index is 0.0769. The van der Waals surface area contributed by atoms with Gasteiger partial charge in [-0.1, -0.05) is 0 Å². The third kappa shape index (κ3) is 2.21. The van der Waals surface area contributed by atoms with Crippen molar-refractivity contribution < 1.29 is 4.79 Å².